The van der Waals surface area contributed by atoms with Crippen LogP contribution in [0.25, 0.3) is 0 Å². The molecule has 0 saturated carbocycles. The van der Waals surface area contributed by atoms with E-state index in [1.807, 2.05) is 13.8 Å². The Balaban J connectivity index is 0.00000218. The first-order valence-electron chi connectivity index (χ1n) is 8.11. The van der Waals surface area contributed by atoms with E-state index in [1.165, 1.54) is 0 Å². The minimum absolute atomic E-state index is 0.135. The molecule has 0 saturated heterocycles. The van der Waals surface area contributed by atoms with E-state index in [4.69, 9.17) is 33.0 Å². The fraction of sp³-hybridized carbons (Fsp3) is 0.235. The largest absolute Gasteiger partial charge is 0.573 e. The number of benzene rings is 2. The Bertz CT molecular complexity index is 904. The van der Waals surface area contributed by atoms with Crippen molar-refractivity contribution in [2.24, 2.45) is 0 Å². The lowest BCUT2D eigenvalue weighted by molar-refractivity contribution is -0.274. The minimum Gasteiger partial charge on any atom is -0.512 e. The number of rotatable bonds is 6. The molecule has 0 amide bonds. The van der Waals surface area contributed by atoms with Gasteiger partial charge < -0.3 is 19.3 Å². The number of ether oxygens (including phenoxy) is 3. The lowest BCUT2D eigenvalue weighted by Crippen LogP contribution is -2.37. The van der Waals surface area contributed by atoms with Crippen molar-refractivity contribution in [1.82, 2.24) is 0 Å². The topological polar surface area (TPSA) is 65.0 Å². The molecular weight excluding hydrogens is 473 g/mol. The van der Waals surface area contributed by atoms with E-state index in [2.05, 4.69) is 20.7 Å². The Morgan fingerprint density at radius 3 is 2.10 bits per heavy atom. The molecule has 0 unspecified atom stereocenters. The van der Waals surface area contributed by atoms with Crippen molar-refractivity contribution in [1.29, 1.82) is 0 Å². The van der Waals surface area contributed by atoms with Gasteiger partial charge in [0, 0.05) is 10.5 Å². The highest BCUT2D eigenvalue weighted by molar-refractivity contribution is 9.10. The first-order chi connectivity index (χ1) is 13.7. The molecule has 0 aliphatic carbocycles. The molecule has 5 nitrogen and oxygen atoms in total. The molecule has 0 aliphatic rings. The molecule has 0 spiro atoms. The van der Waals surface area contributed by atoms with Crippen LogP contribution in [-0.4, -0.2) is 46.3 Å². The van der Waals surface area contributed by atoms with Crippen LogP contribution in [0.1, 0.15) is 24.2 Å². The third kappa shape index (κ3) is 7.85. The zero-order valence-corrected chi connectivity index (χ0v) is 17.2. The van der Waals surface area contributed by atoms with Gasteiger partial charge in [0.05, 0.1) is 0 Å². The molecule has 1 N–H and O–H groups in total. The molecule has 0 aliphatic heterocycles. The SMILES string of the molecule is CC.[B]C([B])([B])Oc1cc(OC(F)(F)F)ccc1Oc1cc(Br)cc(F)c1C(=O)O. The molecule has 2 aromatic carbocycles. The smallest absolute Gasteiger partial charge is 0.512 e. The summed E-state index contributed by atoms with van der Waals surface area (Å²) < 4.78 is 65.3. The second-order valence-corrected chi connectivity index (χ2v) is 6.20. The second-order valence-electron chi connectivity index (χ2n) is 5.28. The maximum atomic E-state index is 14.0. The third-order valence-corrected chi connectivity index (χ3v) is 3.35. The fourth-order valence-corrected chi connectivity index (χ4v) is 2.41. The monoisotopic (exact) mass is 484 g/mol. The number of carboxylic acid groups (broad SMARTS) is 1. The van der Waals surface area contributed by atoms with Crippen molar-refractivity contribution in [3.8, 4) is 23.0 Å². The second kappa shape index (κ2) is 10.1. The van der Waals surface area contributed by atoms with Crippen molar-refractivity contribution in [2.45, 2.75) is 25.5 Å². The summed E-state index contributed by atoms with van der Waals surface area (Å²) in [6.45, 7) is 4.00. The molecule has 0 bridgehead atoms. The van der Waals surface area contributed by atoms with Crippen LogP contribution < -0.4 is 14.2 Å². The van der Waals surface area contributed by atoms with Gasteiger partial charge in [-0.1, -0.05) is 29.8 Å². The predicted octanol–water partition coefficient (Wildman–Crippen LogP) is 4.50. The number of alkyl halides is 3. The fourth-order valence-electron chi connectivity index (χ4n) is 2.00. The Kier molecular flexibility index (Phi) is 8.70. The summed E-state index contributed by atoms with van der Waals surface area (Å²) >= 11 is 2.97. The zero-order valence-electron chi connectivity index (χ0n) is 15.6. The molecule has 13 heteroatoms. The summed E-state index contributed by atoms with van der Waals surface area (Å²) in [4.78, 5) is 11.3. The van der Waals surface area contributed by atoms with Crippen LogP contribution in [0, 0.1) is 5.82 Å². The quantitative estimate of drug-likeness (QED) is 0.483. The minimum atomic E-state index is -5.01. The van der Waals surface area contributed by atoms with Crippen molar-refractivity contribution in [3.05, 3.63) is 46.2 Å². The molecule has 30 heavy (non-hydrogen) atoms. The van der Waals surface area contributed by atoms with Gasteiger partial charge in [-0.05, 0) is 29.6 Å². The first-order valence-corrected chi connectivity index (χ1v) is 8.90. The number of hydrogen-bond acceptors (Lipinski definition) is 4. The molecule has 154 valence electrons. The van der Waals surface area contributed by atoms with Crippen molar-refractivity contribution < 1.29 is 41.7 Å². The number of aromatic carboxylic acids is 1. The van der Waals surface area contributed by atoms with Crippen LogP contribution in [0.4, 0.5) is 17.6 Å². The average molecular weight is 485 g/mol. The van der Waals surface area contributed by atoms with E-state index in [0.717, 1.165) is 24.3 Å². The summed E-state index contributed by atoms with van der Waals surface area (Å²) in [6, 6.07) is 4.50. The van der Waals surface area contributed by atoms with Crippen LogP contribution in [0.15, 0.2) is 34.8 Å². The highest BCUT2D eigenvalue weighted by Gasteiger charge is 2.32. The van der Waals surface area contributed by atoms with Gasteiger partial charge in [-0.25, -0.2) is 9.18 Å². The van der Waals surface area contributed by atoms with E-state index in [1.54, 1.807) is 0 Å². The Hall–Kier alpha value is -2.30. The summed E-state index contributed by atoms with van der Waals surface area (Å²) in [5, 5.41) is 6.85. The Morgan fingerprint density at radius 2 is 1.60 bits per heavy atom. The Labute approximate surface area is 182 Å². The zero-order chi connectivity index (χ0) is 23.3. The van der Waals surface area contributed by atoms with Gasteiger partial charge in [-0.15, -0.1) is 13.2 Å². The summed E-state index contributed by atoms with van der Waals surface area (Å²) in [5.41, 5.74) is -0.829. The normalized spacial score (nSPS) is 11.2. The van der Waals surface area contributed by atoms with Gasteiger partial charge in [0.1, 0.15) is 46.4 Å². The molecule has 6 radical (unpaired) electrons. The summed E-state index contributed by atoms with van der Waals surface area (Å²) in [7, 11) is 15.9. The maximum absolute atomic E-state index is 14.0. The highest BCUT2D eigenvalue weighted by Crippen LogP contribution is 2.39. The third-order valence-electron chi connectivity index (χ3n) is 2.89. The van der Waals surface area contributed by atoms with Gasteiger partial charge in [0.2, 0.25) is 0 Å². The molecule has 0 heterocycles. The van der Waals surface area contributed by atoms with Crippen molar-refractivity contribution >= 4 is 45.4 Å². The van der Waals surface area contributed by atoms with Crippen LogP contribution in [-0.2, 0) is 0 Å². The standard InChI is InChI=1S/C15H6B3BrF4O5.C2H6/c16-14(17,18)28-10-5-7(27-15(21,22)23)1-2-9(10)26-11-4-6(19)3-8(20)12(11)13(24)25;1-2/h1-5H,(H,24,25);1-2H3. The molecular formula is C17H12B3BrF4O5. The molecule has 0 atom stereocenters. The first kappa shape index (κ1) is 25.7. The highest BCUT2D eigenvalue weighted by atomic mass is 79.9. The molecule has 0 fully saturated rings. The van der Waals surface area contributed by atoms with E-state index in [-0.39, 0.29) is 10.2 Å². The number of carboxylic acids is 1. The van der Waals surface area contributed by atoms with E-state index in [9.17, 15) is 27.5 Å². The van der Waals surface area contributed by atoms with E-state index >= 15 is 0 Å². The molecule has 2 aromatic rings. The van der Waals surface area contributed by atoms with E-state index in [0.29, 0.717) is 6.07 Å². The lowest BCUT2D eigenvalue weighted by Gasteiger charge is -2.25. The number of hydrogen-bond donors (Lipinski definition) is 1. The van der Waals surface area contributed by atoms with E-state index < -0.39 is 46.3 Å². The van der Waals surface area contributed by atoms with Crippen molar-refractivity contribution in [3.63, 3.8) is 0 Å². The van der Waals surface area contributed by atoms with Crippen LogP contribution >= 0.6 is 15.9 Å². The van der Waals surface area contributed by atoms with Crippen LogP contribution in [0.2, 0.25) is 0 Å². The van der Waals surface area contributed by atoms with Gasteiger partial charge >= 0.3 is 12.3 Å². The van der Waals surface area contributed by atoms with Crippen LogP contribution in [0.5, 0.6) is 23.0 Å². The van der Waals surface area contributed by atoms with Crippen molar-refractivity contribution in [2.75, 3.05) is 0 Å². The molecule has 2 rings (SSSR count). The Morgan fingerprint density at radius 1 is 1.00 bits per heavy atom. The number of carbonyl (C=O) groups is 1. The average Bonchev–Trinajstić information content (AvgIpc) is 2.55. The lowest BCUT2D eigenvalue weighted by atomic mass is 9.52. The summed E-state index contributed by atoms with van der Waals surface area (Å²) in [6.07, 6.45) is -5.01. The van der Waals surface area contributed by atoms with Gasteiger partial charge in [-0.2, -0.15) is 0 Å². The predicted molar refractivity (Wildman–Crippen MR) is 106 cm³/mol. The van der Waals surface area contributed by atoms with Gasteiger partial charge in [0.25, 0.3) is 0 Å². The molecule has 0 aromatic heterocycles. The van der Waals surface area contributed by atoms with Crippen LogP contribution in [0.3, 0.4) is 0 Å². The maximum Gasteiger partial charge on any atom is 0.573 e. The van der Waals surface area contributed by atoms with Gasteiger partial charge in [0.15, 0.2) is 11.5 Å². The number of halogens is 5. The summed E-state index contributed by atoms with van der Waals surface area (Å²) in [5.74, 6) is -4.86. The van der Waals surface area contributed by atoms with Gasteiger partial charge in [-0.3, -0.25) is 0 Å².